The highest BCUT2D eigenvalue weighted by Crippen LogP contribution is 2.65. The summed E-state index contributed by atoms with van der Waals surface area (Å²) >= 11 is 6.77. The van der Waals surface area contributed by atoms with Crippen molar-refractivity contribution >= 4 is 17.6 Å². The molecule has 4 rings (SSSR count). The molecule has 4 aliphatic rings. The lowest BCUT2D eigenvalue weighted by Gasteiger charge is -2.56. The lowest BCUT2D eigenvalue weighted by atomic mass is 9.50. The van der Waals surface area contributed by atoms with Gasteiger partial charge in [-0.3, -0.25) is 4.79 Å². The molecule has 0 aromatic carbocycles. The van der Waals surface area contributed by atoms with Crippen LogP contribution in [0, 0.1) is 34.5 Å². The minimum absolute atomic E-state index is 0.0614. The molecular formula is C22H31ClO3. The van der Waals surface area contributed by atoms with Gasteiger partial charge >= 0.3 is 5.97 Å². The van der Waals surface area contributed by atoms with Crippen LogP contribution in [0.25, 0.3) is 0 Å². The second-order valence-corrected chi connectivity index (χ2v) is 9.71. The van der Waals surface area contributed by atoms with E-state index in [0.717, 1.165) is 18.1 Å². The topological polar surface area (TPSA) is 35.5 Å². The van der Waals surface area contributed by atoms with Crippen molar-refractivity contribution in [1.82, 2.24) is 0 Å². The monoisotopic (exact) mass is 378 g/mol. The number of hydrogen-bond donors (Lipinski definition) is 0. The Kier molecular flexibility index (Phi) is 4.76. The largest absolute Gasteiger partial charge is 0.466 e. The van der Waals surface area contributed by atoms with E-state index in [9.17, 15) is 4.79 Å². The van der Waals surface area contributed by atoms with Gasteiger partial charge in [0.25, 0.3) is 0 Å². The Hall–Kier alpha value is -0.800. The molecule has 0 saturated heterocycles. The van der Waals surface area contributed by atoms with E-state index in [4.69, 9.17) is 21.1 Å². The van der Waals surface area contributed by atoms with Crippen LogP contribution in [0.4, 0.5) is 0 Å². The van der Waals surface area contributed by atoms with E-state index in [-0.39, 0.29) is 11.4 Å². The molecule has 0 amide bonds. The van der Waals surface area contributed by atoms with E-state index in [1.165, 1.54) is 38.2 Å². The van der Waals surface area contributed by atoms with Gasteiger partial charge in [0.05, 0.1) is 19.8 Å². The van der Waals surface area contributed by atoms with E-state index < -0.39 is 0 Å². The van der Waals surface area contributed by atoms with E-state index in [1.807, 2.05) is 0 Å². The Bertz CT molecular complexity index is 654. The summed E-state index contributed by atoms with van der Waals surface area (Å²) in [5, 5.41) is 0.963. The standard InChI is InChI=1S/C22H31ClO3/c1-14(24)26-11-7-15-4-5-17-16-12-20(23)19-8-10-25-13-22(19,3)18(16)6-9-21(15,17)2/h8,12,15-18H,4-7,9-11,13H2,1-3H3/t15-,16+,17+,18+,21-,22-/m1/s1. The highest BCUT2D eigenvalue weighted by molar-refractivity contribution is 6.32. The lowest BCUT2D eigenvalue weighted by Crippen LogP contribution is -2.51. The predicted octanol–water partition coefficient (Wildman–Crippen LogP) is 5.10. The molecule has 4 heteroatoms. The van der Waals surface area contributed by atoms with Gasteiger partial charge in [0.1, 0.15) is 0 Å². The summed E-state index contributed by atoms with van der Waals surface area (Å²) in [6, 6.07) is 0. The number of fused-ring (bicyclic) bond motifs is 5. The smallest absolute Gasteiger partial charge is 0.302 e. The number of rotatable bonds is 3. The molecule has 0 unspecified atom stereocenters. The molecule has 3 nitrogen and oxygen atoms in total. The third-order valence-corrected chi connectivity index (χ3v) is 8.47. The SMILES string of the molecule is CC(=O)OCC[C@H]1CC[C@H]2[C@@H]3C=C(Cl)C4=CCOC[C@]4(C)[C@H]3CC[C@]12C. The van der Waals surface area contributed by atoms with Gasteiger partial charge < -0.3 is 9.47 Å². The highest BCUT2D eigenvalue weighted by Gasteiger charge is 2.58. The summed E-state index contributed by atoms with van der Waals surface area (Å²) in [6.45, 7) is 8.38. The van der Waals surface area contributed by atoms with Gasteiger partial charge in [-0.2, -0.15) is 0 Å². The molecule has 3 aliphatic carbocycles. The number of esters is 1. The highest BCUT2D eigenvalue weighted by atomic mass is 35.5. The maximum Gasteiger partial charge on any atom is 0.302 e. The zero-order valence-electron chi connectivity index (χ0n) is 16.2. The van der Waals surface area contributed by atoms with Crippen molar-refractivity contribution in [2.24, 2.45) is 34.5 Å². The van der Waals surface area contributed by atoms with Gasteiger partial charge in [-0.25, -0.2) is 0 Å². The van der Waals surface area contributed by atoms with Crippen LogP contribution in [-0.4, -0.2) is 25.8 Å². The fraction of sp³-hybridized carbons (Fsp3) is 0.773. The van der Waals surface area contributed by atoms with Crippen molar-refractivity contribution in [2.45, 2.75) is 52.9 Å². The second-order valence-electron chi connectivity index (χ2n) is 9.30. The zero-order chi connectivity index (χ0) is 18.5. The van der Waals surface area contributed by atoms with Crippen LogP contribution in [-0.2, 0) is 14.3 Å². The molecule has 1 aliphatic heterocycles. The number of halogens is 1. The van der Waals surface area contributed by atoms with Gasteiger partial charge in [-0.1, -0.05) is 37.6 Å². The fourth-order valence-electron chi connectivity index (χ4n) is 6.76. The first-order valence-electron chi connectivity index (χ1n) is 10.2. The van der Waals surface area contributed by atoms with Crippen LogP contribution < -0.4 is 0 Å². The fourth-order valence-corrected chi connectivity index (χ4v) is 7.20. The summed E-state index contributed by atoms with van der Waals surface area (Å²) in [5.41, 5.74) is 1.72. The quantitative estimate of drug-likeness (QED) is 0.641. The zero-order valence-corrected chi connectivity index (χ0v) is 17.0. The molecule has 0 N–H and O–H groups in total. The molecule has 1 heterocycles. The van der Waals surface area contributed by atoms with Crippen LogP contribution >= 0.6 is 11.6 Å². The predicted molar refractivity (Wildman–Crippen MR) is 103 cm³/mol. The summed E-state index contributed by atoms with van der Waals surface area (Å²) in [4.78, 5) is 11.1. The molecule has 2 saturated carbocycles. The first-order chi connectivity index (χ1) is 12.4. The van der Waals surface area contributed by atoms with E-state index in [2.05, 4.69) is 26.0 Å². The maximum absolute atomic E-state index is 11.1. The minimum Gasteiger partial charge on any atom is -0.466 e. The van der Waals surface area contributed by atoms with Gasteiger partial charge in [-0.15, -0.1) is 0 Å². The molecule has 144 valence electrons. The summed E-state index contributed by atoms with van der Waals surface area (Å²) < 4.78 is 11.1. The number of ether oxygens (including phenoxy) is 2. The van der Waals surface area contributed by atoms with Crippen molar-refractivity contribution in [3.8, 4) is 0 Å². The first kappa shape index (κ1) is 18.6. The van der Waals surface area contributed by atoms with Crippen molar-refractivity contribution < 1.29 is 14.3 Å². The molecule has 0 aromatic heterocycles. The van der Waals surface area contributed by atoms with Gasteiger partial charge in [0.2, 0.25) is 0 Å². The van der Waals surface area contributed by atoms with Crippen LogP contribution in [0.15, 0.2) is 22.8 Å². The second kappa shape index (κ2) is 6.67. The Morgan fingerprint density at radius 2 is 2.12 bits per heavy atom. The first-order valence-corrected chi connectivity index (χ1v) is 10.5. The van der Waals surface area contributed by atoms with Gasteiger partial charge in [-0.05, 0) is 66.8 Å². The summed E-state index contributed by atoms with van der Waals surface area (Å²) in [6.07, 6.45) is 10.6. The third kappa shape index (κ3) is 2.77. The van der Waals surface area contributed by atoms with Crippen molar-refractivity contribution in [1.29, 1.82) is 0 Å². The number of carbonyl (C=O) groups excluding carboxylic acids is 1. The van der Waals surface area contributed by atoms with E-state index in [0.29, 0.717) is 42.3 Å². The van der Waals surface area contributed by atoms with Crippen LogP contribution in [0.1, 0.15) is 52.9 Å². The number of carbonyl (C=O) groups is 1. The van der Waals surface area contributed by atoms with Crippen molar-refractivity contribution in [3.63, 3.8) is 0 Å². The average molecular weight is 379 g/mol. The normalized spacial score (nSPS) is 44.3. The Morgan fingerprint density at radius 3 is 2.88 bits per heavy atom. The maximum atomic E-state index is 11.1. The average Bonchev–Trinajstić information content (AvgIpc) is 2.91. The Morgan fingerprint density at radius 1 is 1.31 bits per heavy atom. The Balaban J connectivity index is 1.58. The third-order valence-electron chi connectivity index (χ3n) is 8.14. The minimum atomic E-state index is -0.167. The van der Waals surface area contributed by atoms with Crippen LogP contribution in [0.3, 0.4) is 0 Å². The van der Waals surface area contributed by atoms with Crippen molar-refractivity contribution in [3.05, 3.63) is 22.8 Å². The van der Waals surface area contributed by atoms with E-state index in [1.54, 1.807) is 0 Å². The van der Waals surface area contributed by atoms with Crippen LogP contribution in [0.2, 0.25) is 0 Å². The van der Waals surface area contributed by atoms with Crippen LogP contribution in [0.5, 0.6) is 0 Å². The molecule has 0 radical (unpaired) electrons. The summed E-state index contributed by atoms with van der Waals surface area (Å²) in [7, 11) is 0. The molecule has 0 spiro atoms. The molecule has 0 aromatic rings. The number of allylic oxidation sites excluding steroid dienone is 2. The molecule has 26 heavy (non-hydrogen) atoms. The van der Waals surface area contributed by atoms with E-state index >= 15 is 0 Å². The van der Waals surface area contributed by atoms with Gasteiger partial charge in [0.15, 0.2) is 0 Å². The molecule has 2 fully saturated rings. The molecular weight excluding hydrogens is 348 g/mol. The number of hydrogen-bond acceptors (Lipinski definition) is 3. The van der Waals surface area contributed by atoms with Crippen molar-refractivity contribution in [2.75, 3.05) is 19.8 Å². The Labute approximate surface area is 162 Å². The molecule has 6 atom stereocenters. The lowest BCUT2D eigenvalue weighted by molar-refractivity contribution is -0.141. The summed E-state index contributed by atoms with van der Waals surface area (Å²) in [5.74, 6) is 2.33. The van der Waals surface area contributed by atoms with Gasteiger partial charge in [0, 0.05) is 17.4 Å². The molecule has 0 bridgehead atoms.